The standard InChI is InChI=1S/C25H37N/c1-9-23(25(4,5)6)14-10-11-15-24(22-17-16-20(2)19-22)21(3)13-12-18-26(7)8/h9-10,14-17H,3,11-13,18H2,1-2,4-8H3/b14-10+,23-9+,24-15+. The molecular formula is C25H37N. The van der Waals surface area contributed by atoms with Gasteiger partial charge in [0.05, 0.1) is 0 Å². The molecular weight excluding hydrogens is 314 g/mol. The molecule has 0 fully saturated rings. The van der Waals surface area contributed by atoms with Gasteiger partial charge in [-0.05, 0) is 87.5 Å². The van der Waals surface area contributed by atoms with E-state index in [9.17, 15) is 0 Å². The van der Waals surface area contributed by atoms with Crippen LogP contribution in [-0.4, -0.2) is 25.5 Å². The molecule has 0 spiro atoms. The zero-order valence-electron chi connectivity index (χ0n) is 17.9. The highest BCUT2D eigenvalue weighted by Gasteiger charge is 2.13. The highest BCUT2D eigenvalue weighted by atomic mass is 15.0. The summed E-state index contributed by atoms with van der Waals surface area (Å²) in [6.45, 7) is 16.4. The predicted molar refractivity (Wildman–Crippen MR) is 117 cm³/mol. The van der Waals surface area contributed by atoms with Crippen molar-refractivity contribution in [3.8, 4) is 0 Å². The largest absolute Gasteiger partial charge is 0.309 e. The third kappa shape index (κ3) is 7.60. The van der Waals surface area contributed by atoms with Crippen molar-refractivity contribution in [1.29, 1.82) is 0 Å². The maximum absolute atomic E-state index is 4.36. The quantitative estimate of drug-likeness (QED) is 0.326. The Bertz CT molecular complexity index is 678. The predicted octanol–water partition coefficient (Wildman–Crippen LogP) is 6.79. The van der Waals surface area contributed by atoms with Crippen LogP contribution in [-0.2, 0) is 0 Å². The van der Waals surface area contributed by atoms with E-state index in [1.54, 1.807) is 0 Å². The van der Waals surface area contributed by atoms with Crippen LogP contribution < -0.4 is 0 Å². The van der Waals surface area contributed by atoms with Gasteiger partial charge in [0, 0.05) is 5.57 Å². The second kappa shape index (κ2) is 10.4. The van der Waals surface area contributed by atoms with Gasteiger partial charge >= 0.3 is 0 Å². The van der Waals surface area contributed by atoms with Gasteiger partial charge in [0.25, 0.3) is 0 Å². The number of hydrogen-bond acceptors (Lipinski definition) is 1. The molecule has 0 amide bonds. The summed E-state index contributed by atoms with van der Waals surface area (Å²) >= 11 is 0. The summed E-state index contributed by atoms with van der Waals surface area (Å²) in [6.07, 6.45) is 16.4. The Morgan fingerprint density at radius 2 is 1.92 bits per heavy atom. The smallest absolute Gasteiger partial charge is 0.0239 e. The molecule has 0 radical (unpaired) electrons. The van der Waals surface area contributed by atoms with E-state index in [0.717, 1.165) is 25.8 Å². The van der Waals surface area contributed by atoms with Crippen LogP contribution in [0.15, 0.2) is 76.6 Å². The molecule has 142 valence electrons. The van der Waals surface area contributed by atoms with Crippen LogP contribution in [0.2, 0.25) is 0 Å². The van der Waals surface area contributed by atoms with Crippen LogP contribution in [0.5, 0.6) is 0 Å². The Balaban J connectivity index is 2.89. The maximum atomic E-state index is 4.36. The van der Waals surface area contributed by atoms with E-state index in [-0.39, 0.29) is 5.41 Å². The Morgan fingerprint density at radius 1 is 1.23 bits per heavy atom. The average Bonchev–Trinajstić information content (AvgIpc) is 2.95. The molecule has 26 heavy (non-hydrogen) atoms. The molecule has 1 rings (SSSR count). The zero-order valence-corrected chi connectivity index (χ0v) is 17.9. The van der Waals surface area contributed by atoms with Crippen molar-refractivity contribution in [3.05, 3.63) is 76.6 Å². The first-order valence-corrected chi connectivity index (χ1v) is 9.67. The van der Waals surface area contributed by atoms with E-state index in [1.165, 1.54) is 27.9 Å². The van der Waals surface area contributed by atoms with E-state index in [2.05, 4.69) is 102 Å². The van der Waals surface area contributed by atoms with Crippen molar-refractivity contribution in [2.24, 2.45) is 5.41 Å². The SMILES string of the molecule is C=C(CCCN(C)C)/C(=C\C/C=C/C(=C\C)C(C)(C)C)C1=C=C(C)C=C1. The van der Waals surface area contributed by atoms with Crippen molar-refractivity contribution in [2.75, 3.05) is 20.6 Å². The molecule has 0 bridgehead atoms. The van der Waals surface area contributed by atoms with Gasteiger partial charge in [0.1, 0.15) is 0 Å². The lowest BCUT2D eigenvalue weighted by Crippen LogP contribution is -2.13. The molecule has 0 aliphatic heterocycles. The van der Waals surface area contributed by atoms with E-state index in [1.807, 2.05) is 0 Å². The monoisotopic (exact) mass is 351 g/mol. The highest BCUT2D eigenvalue weighted by molar-refractivity contribution is 5.55. The normalized spacial score (nSPS) is 15.8. The van der Waals surface area contributed by atoms with Crippen LogP contribution in [0.3, 0.4) is 0 Å². The molecule has 0 aromatic carbocycles. The second-order valence-corrected chi connectivity index (χ2v) is 8.32. The van der Waals surface area contributed by atoms with Crippen molar-refractivity contribution < 1.29 is 0 Å². The number of nitrogens with zero attached hydrogens (tertiary/aromatic N) is 1. The Hall–Kier alpha value is -1.82. The number of allylic oxidation sites excluding steroid dienone is 10. The molecule has 0 saturated carbocycles. The van der Waals surface area contributed by atoms with Crippen molar-refractivity contribution in [1.82, 2.24) is 4.90 Å². The summed E-state index contributed by atoms with van der Waals surface area (Å²) < 4.78 is 0. The zero-order chi connectivity index (χ0) is 19.7. The fourth-order valence-electron chi connectivity index (χ4n) is 3.01. The second-order valence-electron chi connectivity index (χ2n) is 8.32. The third-order valence-electron chi connectivity index (χ3n) is 4.52. The lowest BCUT2D eigenvalue weighted by Gasteiger charge is -2.19. The molecule has 1 aliphatic rings. The summed E-state index contributed by atoms with van der Waals surface area (Å²) in [6, 6.07) is 0. The molecule has 0 N–H and O–H groups in total. The van der Waals surface area contributed by atoms with Gasteiger partial charge in [-0.3, -0.25) is 0 Å². The minimum absolute atomic E-state index is 0.185. The molecule has 0 aromatic rings. The minimum atomic E-state index is 0.185. The third-order valence-corrected chi connectivity index (χ3v) is 4.52. The van der Waals surface area contributed by atoms with E-state index < -0.39 is 0 Å². The Morgan fingerprint density at radius 3 is 2.42 bits per heavy atom. The highest BCUT2D eigenvalue weighted by Crippen LogP contribution is 2.28. The fraction of sp³-hybridized carbons (Fsp3) is 0.480. The number of rotatable bonds is 9. The van der Waals surface area contributed by atoms with Gasteiger partial charge in [-0.1, -0.05) is 57.7 Å². The van der Waals surface area contributed by atoms with Gasteiger partial charge < -0.3 is 4.90 Å². The van der Waals surface area contributed by atoms with Crippen molar-refractivity contribution in [3.63, 3.8) is 0 Å². The van der Waals surface area contributed by atoms with Gasteiger partial charge in [-0.25, -0.2) is 0 Å². The molecule has 0 atom stereocenters. The van der Waals surface area contributed by atoms with Gasteiger partial charge in [-0.15, -0.1) is 5.73 Å². The van der Waals surface area contributed by atoms with Crippen molar-refractivity contribution >= 4 is 0 Å². The summed E-state index contributed by atoms with van der Waals surface area (Å²) in [7, 11) is 4.24. The molecule has 1 aliphatic carbocycles. The van der Waals surface area contributed by atoms with Gasteiger partial charge in [0.2, 0.25) is 0 Å². The minimum Gasteiger partial charge on any atom is -0.309 e. The fourth-order valence-corrected chi connectivity index (χ4v) is 3.01. The first kappa shape index (κ1) is 22.2. The molecule has 0 saturated heterocycles. The Labute approximate surface area is 161 Å². The lowest BCUT2D eigenvalue weighted by molar-refractivity contribution is 0.400. The topological polar surface area (TPSA) is 3.24 Å². The van der Waals surface area contributed by atoms with Crippen LogP contribution in [0.25, 0.3) is 0 Å². The van der Waals surface area contributed by atoms with Crippen LogP contribution in [0.4, 0.5) is 0 Å². The van der Waals surface area contributed by atoms with Gasteiger partial charge in [0.15, 0.2) is 0 Å². The van der Waals surface area contributed by atoms with Crippen LogP contribution >= 0.6 is 0 Å². The van der Waals surface area contributed by atoms with Gasteiger partial charge in [-0.2, -0.15) is 0 Å². The lowest BCUT2D eigenvalue weighted by atomic mass is 9.86. The summed E-state index contributed by atoms with van der Waals surface area (Å²) in [5, 5.41) is 0. The molecule has 0 heterocycles. The number of hydrogen-bond donors (Lipinski definition) is 0. The average molecular weight is 352 g/mol. The summed E-state index contributed by atoms with van der Waals surface area (Å²) in [5.41, 5.74) is 9.84. The Kier molecular flexibility index (Phi) is 8.85. The van der Waals surface area contributed by atoms with Crippen molar-refractivity contribution in [2.45, 2.75) is 53.9 Å². The molecule has 0 unspecified atom stereocenters. The summed E-state index contributed by atoms with van der Waals surface area (Å²) in [5.74, 6) is 0. The van der Waals surface area contributed by atoms with E-state index >= 15 is 0 Å². The van der Waals surface area contributed by atoms with E-state index in [0.29, 0.717) is 0 Å². The maximum Gasteiger partial charge on any atom is 0.0239 e. The molecule has 1 heteroatoms. The first-order valence-electron chi connectivity index (χ1n) is 9.67. The van der Waals surface area contributed by atoms with E-state index in [4.69, 9.17) is 0 Å². The first-order chi connectivity index (χ1) is 12.1. The van der Waals surface area contributed by atoms with Crippen LogP contribution in [0, 0.1) is 5.41 Å². The summed E-state index contributed by atoms with van der Waals surface area (Å²) in [4.78, 5) is 2.23. The van der Waals surface area contributed by atoms with Crippen LogP contribution in [0.1, 0.15) is 53.9 Å². The molecule has 1 nitrogen and oxygen atoms in total. The molecule has 0 aromatic heterocycles.